The van der Waals surface area contributed by atoms with E-state index in [1.807, 2.05) is 0 Å². The molecular weight excluding hydrogens is 438 g/mol. The number of primary amides is 1. The van der Waals surface area contributed by atoms with Gasteiger partial charge in [0.25, 0.3) is 10.0 Å². The fourth-order valence-corrected chi connectivity index (χ4v) is 4.70. The zero-order valence-electron chi connectivity index (χ0n) is 16.6. The maximum absolute atomic E-state index is 13.3. The number of carbonyl (C=O) groups is 2. The van der Waals surface area contributed by atoms with Crippen molar-refractivity contribution in [3.05, 3.63) is 88.9 Å². The van der Waals surface area contributed by atoms with Crippen molar-refractivity contribution < 1.29 is 18.0 Å². The van der Waals surface area contributed by atoms with Gasteiger partial charge in [0.2, 0.25) is 11.8 Å². The van der Waals surface area contributed by atoms with Gasteiger partial charge in [-0.25, -0.2) is 8.42 Å². The van der Waals surface area contributed by atoms with Crippen LogP contribution in [0.3, 0.4) is 0 Å². The van der Waals surface area contributed by atoms with Gasteiger partial charge in [-0.1, -0.05) is 29.8 Å². The van der Waals surface area contributed by atoms with Gasteiger partial charge in [-0.15, -0.1) is 0 Å². The van der Waals surface area contributed by atoms with Crippen LogP contribution in [0.15, 0.2) is 77.7 Å². The first-order chi connectivity index (χ1) is 14.7. The van der Waals surface area contributed by atoms with Crippen LogP contribution >= 0.6 is 11.6 Å². The van der Waals surface area contributed by atoms with E-state index >= 15 is 0 Å². The summed E-state index contributed by atoms with van der Waals surface area (Å²) < 4.78 is 27.7. The molecule has 3 N–H and O–H groups in total. The molecule has 0 bridgehead atoms. The number of nitrogens with two attached hydrogens (primary N) is 1. The molecule has 0 spiro atoms. The molecule has 3 aromatic rings. The second kappa shape index (κ2) is 9.20. The summed E-state index contributed by atoms with van der Waals surface area (Å²) in [4.78, 5) is 24.0. The highest BCUT2D eigenvalue weighted by atomic mass is 35.5. The Morgan fingerprint density at radius 2 is 1.65 bits per heavy atom. The van der Waals surface area contributed by atoms with Crippen molar-refractivity contribution in [1.29, 1.82) is 0 Å². The number of nitrogens with one attached hydrogen (secondary N) is 1. The molecule has 0 aromatic heterocycles. The number of hydrogen-bond acceptors (Lipinski definition) is 4. The summed E-state index contributed by atoms with van der Waals surface area (Å²) in [5, 5.41) is 3.10. The lowest BCUT2D eigenvalue weighted by Crippen LogP contribution is -2.38. The predicted molar refractivity (Wildman–Crippen MR) is 121 cm³/mol. The molecule has 0 atom stereocenters. The smallest absolute Gasteiger partial charge is 0.264 e. The number of sulfonamides is 1. The highest BCUT2D eigenvalue weighted by Crippen LogP contribution is 2.29. The summed E-state index contributed by atoms with van der Waals surface area (Å²) in [6, 6.07) is 18.6. The second-order valence-corrected chi connectivity index (χ2v) is 9.04. The summed E-state index contributed by atoms with van der Waals surface area (Å²) in [7, 11) is -4.03. The Morgan fingerprint density at radius 3 is 2.23 bits per heavy atom. The Kier molecular flexibility index (Phi) is 6.62. The van der Waals surface area contributed by atoms with E-state index in [0.717, 1.165) is 4.31 Å². The van der Waals surface area contributed by atoms with E-state index in [2.05, 4.69) is 5.32 Å². The van der Waals surface area contributed by atoms with Crippen LogP contribution in [0.2, 0.25) is 5.02 Å². The largest absolute Gasteiger partial charge is 0.366 e. The molecular formula is C22H20ClN3O4S. The molecule has 0 saturated carbocycles. The minimum Gasteiger partial charge on any atom is -0.366 e. The van der Waals surface area contributed by atoms with E-state index in [4.69, 9.17) is 17.3 Å². The number of aryl methyl sites for hydroxylation is 1. The predicted octanol–water partition coefficient (Wildman–Crippen LogP) is 3.58. The molecule has 0 unspecified atom stereocenters. The van der Waals surface area contributed by atoms with Crippen LogP contribution in [0.5, 0.6) is 0 Å². The number of hydrogen-bond donors (Lipinski definition) is 2. The number of rotatable bonds is 7. The molecule has 0 saturated heterocycles. The quantitative estimate of drug-likeness (QED) is 0.565. The molecule has 31 heavy (non-hydrogen) atoms. The Balaban J connectivity index is 1.93. The molecule has 3 rings (SSSR count). The van der Waals surface area contributed by atoms with Gasteiger partial charge in [-0.05, 0) is 67.1 Å². The van der Waals surface area contributed by atoms with Gasteiger partial charge in [0.1, 0.15) is 6.54 Å². The Labute approximate surface area is 185 Å². The number of amides is 2. The highest BCUT2D eigenvalue weighted by molar-refractivity contribution is 7.92. The SMILES string of the molecule is Cc1cc(Cl)ccc1N(CC(=O)Nc1ccc(C(N)=O)cc1)S(=O)(=O)c1ccccc1. The van der Waals surface area contributed by atoms with Gasteiger partial charge in [-0.3, -0.25) is 13.9 Å². The maximum atomic E-state index is 13.3. The summed E-state index contributed by atoms with van der Waals surface area (Å²) >= 11 is 6.02. The first-order valence-electron chi connectivity index (χ1n) is 9.22. The third kappa shape index (κ3) is 5.22. The summed E-state index contributed by atoms with van der Waals surface area (Å²) in [6.45, 7) is 1.26. The van der Waals surface area contributed by atoms with Gasteiger partial charge in [-0.2, -0.15) is 0 Å². The topological polar surface area (TPSA) is 110 Å². The number of anilines is 2. The fraction of sp³-hybridized carbons (Fsp3) is 0.0909. The number of nitrogens with zero attached hydrogens (tertiary/aromatic N) is 1. The van der Waals surface area contributed by atoms with Crippen molar-refractivity contribution in [3.63, 3.8) is 0 Å². The number of benzene rings is 3. The molecule has 0 heterocycles. The first-order valence-corrected chi connectivity index (χ1v) is 11.0. The van der Waals surface area contributed by atoms with Crippen LogP contribution in [0.4, 0.5) is 11.4 Å². The third-order valence-corrected chi connectivity index (χ3v) is 6.51. The van der Waals surface area contributed by atoms with Gasteiger partial charge in [0.15, 0.2) is 0 Å². The van der Waals surface area contributed by atoms with Crippen molar-refractivity contribution in [1.82, 2.24) is 0 Å². The van der Waals surface area contributed by atoms with Crippen LogP contribution in [0.25, 0.3) is 0 Å². The Hall–Kier alpha value is -3.36. The molecule has 0 aliphatic carbocycles. The Bertz CT molecular complexity index is 1210. The van der Waals surface area contributed by atoms with Crippen molar-refractivity contribution in [2.24, 2.45) is 5.73 Å². The van der Waals surface area contributed by atoms with Gasteiger partial charge >= 0.3 is 0 Å². The normalized spacial score (nSPS) is 11.0. The number of halogens is 1. The van der Waals surface area contributed by atoms with Crippen molar-refractivity contribution in [2.75, 3.05) is 16.2 Å². The lowest BCUT2D eigenvalue weighted by Gasteiger charge is -2.25. The fourth-order valence-electron chi connectivity index (χ4n) is 2.97. The van der Waals surface area contributed by atoms with Gasteiger partial charge in [0.05, 0.1) is 10.6 Å². The minimum absolute atomic E-state index is 0.0583. The van der Waals surface area contributed by atoms with Crippen molar-refractivity contribution >= 4 is 44.8 Å². The lowest BCUT2D eigenvalue weighted by atomic mass is 10.2. The van der Waals surface area contributed by atoms with E-state index in [0.29, 0.717) is 27.5 Å². The van der Waals surface area contributed by atoms with Gasteiger partial charge in [0, 0.05) is 16.3 Å². The third-order valence-electron chi connectivity index (χ3n) is 4.50. The lowest BCUT2D eigenvalue weighted by molar-refractivity contribution is -0.114. The van der Waals surface area contributed by atoms with Crippen molar-refractivity contribution in [3.8, 4) is 0 Å². The standard InChI is InChI=1S/C22H20ClN3O4S/c1-15-13-17(23)9-12-20(15)26(31(29,30)19-5-3-2-4-6-19)14-21(27)25-18-10-7-16(8-11-18)22(24)28/h2-13H,14H2,1H3,(H2,24,28)(H,25,27). The van der Waals surface area contributed by atoms with E-state index in [1.165, 1.54) is 36.4 Å². The molecule has 0 aliphatic heterocycles. The van der Waals surface area contributed by atoms with E-state index in [1.54, 1.807) is 43.3 Å². The Morgan fingerprint density at radius 1 is 1.00 bits per heavy atom. The van der Waals surface area contributed by atoms with E-state index in [-0.39, 0.29) is 4.90 Å². The monoisotopic (exact) mass is 457 g/mol. The molecule has 2 amide bonds. The average Bonchev–Trinajstić information content (AvgIpc) is 2.73. The van der Waals surface area contributed by atoms with Crippen molar-refractivity contribution in [2.45, 2.75) is 11.8 Å². The first kappa shape index (κ1) is 22.3. The summed E-state index contributed by atoms with van der Waals surface area (Å²) in [5.41, 5.74) is 6.85. The van der Waals surface area contributed by atoms with E-state index < -0.39 is 28.4 Å². The molecule has 9 heteroatoms. The minimum atomic E-state index is -4.03. The average molecular weight is 458 g/mol. The number of carbonyl (C=O) groups excluding carboxylic acids is 2. The van der Waals surface area contributed by atoms with Crippen LogP contribution in [0.1, 0.15) is 15.9 Å². The summed E-state index contributed by atoms with van der Waals surface area (Å²) in [5.74, 6) is -1.14. The van der Waals surface area contributed by atoms with Crippen LogP contribution in [0, 0.1) is 6.92 Å². The van der Waals surface area contributed by atoms with Crippen LogP contribution in [-0.2, 0) is 14.8 Å². The van der Waals surface area contributed by atoms with E-state index in [9.17, 15) is 18.0 Å². The molecule has 0 aliphatic rings. The van der Waals surface area contributed by atoms with Gasteiger partial charge < -0.3 is 11.1 Å². The molecule has 0 radical (unpaired) electrons. The second-order valence-electron chi connectivity index (χ2n) is 6.75. The summed E-state index contributed by atoms with van der Waals surface area (Å²) in [6.07, 6.45) is 0. The molecule has 0 fully saturated rings. The maximum Gasteiger partial charge on any atom is 0.264 e. The zero-order valence-corrected chi connectivity index (χ0v) is 18.2. The highest BCUT2D eigenvalue weighted by Gasteiger charge is 2.28. The molecule has 7 nitrogen and oxygen atoms in total. The van der Waals surface area contributed by atoms with Crippen LogP contribution in [-0.4, -0.2) is 26.8 Å². The van der Waals surface area contributed by atoms with Crippen LogP contribution < -0.4 is 15.4 Å². The molecule has 3 aromatic carbocycles. The zero-order chi connectivity index (χ0) is 22.6. The molecule has 160 valence electrons.